The standard InChI is InChI=1S/C16H17FN2O6S/c1-10(13-8-11(24-2)4-7-16(13)25-3)18-26(22,23)12-5-6-14(17)15(9-12)19(20)21/h4-10,18H,1-3H3/t10-/m1/s1. The molecule has 0 aliphatic heterocycles. The van der Waals surface area contributed by atoms with Crippen LogP contribution in [0.3, 0.4) is 0 Å². The Morgan fingerprint density at radius 2 is 1.85 bits per heavy atom. The summed E-state index contributed by atoms with van der Waals surface area (Å²) in [5.41, 5.74) is -0.411. The summed E-state index contributed by atoms with van der Waals surface area (Å²) < 4.78 is 51.2. The lowest BCUT2D eigenvalue weighted by molar-refractivity contribution is -0.387. The molecule has 0 saturated carbocycles. The molecule has 2 aromatic carbocycles. The average Bonchev–Trinajstić information content (AvgIpc) is 2.60. The van der Waals surface area contributed by atoms with Crippen LogP contribution in [0, 0.1) is 15.9 Å². The number of methoxy groups -OCH3 is 2. The molecule has 140 valence electrons. The van der Waals surface area contributed by atoms with Gasteiger partial charge in [-0.2, -0.15) is 4.39 Å². The van der Waals surface area contributed by atoms with Crippen molar-refractivity contribution >= 4 is 15.7 Å². The molecular weight excluding hydrogens is 367 g/mol. The summed E-state index contributed by atoms with van der Waals surface area (Å²) in [5, 5.41) is 10.8. The van der Waals surface area contributed by atoms with Gasteiger partial charge < -0.3 is 9.47 Å². The van der Waals surface area contributed by atoms with Crippen LogP contribution in [0.25, 0.3) is 0 Å². The van der Waals surface area contributed by atoms with E-state index >= 15 is 0 Å². The lowest BCUT2D eigenvalue weighted by Gasteiger charge is -2.18. The Bertz CT molecular complexity index is 932. The second-order valence-electron chi connectivity index (χ2n) is 5.32. The van der Waals surface area contributed by atoms with Crippen LogP contribution in [-0.2, 0) is 10.0 Å². The molecule has 8 nitrogen and oxygen atoms in total. The average molecular weight is 384 g/mol. The van der Waals surface area contributed by atoms with Crippen LogP contribution in [0.15, 0.2) is 41.3 Å². The summed E-state index contributed by atoms with van der Waals surface area (Å²) in [6.45, 7) is 1.58. The highest BCUT2D eigenvalue weighted by atomic mass is 32.2. The molecule has 0 bridgehead atoms. The number of benzene rings is 2. The second-order valence-corrected chi connectivity index (χ2v) is 7.04. The molecular formula is C16H17FN2O6S. The minimum absolute atomic E-state index is 0.417. The lowest BCUT2D eigenvalue weighted by atomic mass is 10.1. The number of nitrogens with zero attached hydrogens (tertiary/aromatic N) is 1. The molecule has 1 atom stereocenters. The van der Waals surface area contributed by atoms with Gasteiger partial charge in [-0.1, -0.05) is 0 Å². The predicted octanol–water partition coefficient (Wildman–Crippen LogP) is 2.79. The van der Waals surface area contributed by atoms with Crippen molar-refractivity contribution in [2.75, 3.05) is 14.2 Å². The largest absolute Gasteiger partial charge is 0.497 e. The van der Waals surface area contributed by atoms with Gasteiger partial charge in [-0.25, -0.2) is 13.1 Å². The van der Waals surface area contributed by atoms with Gasteiger partial charge in [-0.15, -0.1) is 0 Å². The van der Waals surface area contributed by atoms with E-state index in [1.54, 1.807) is 25.1 Å². The molecule has 0 amide bonds. The summed E-state index contributed by atoms with van der Waals surface area (Å²) in [5.74, 6) is -0.174. The number of rotatable bonds is 7. The minimum atomic E-state index is -4.14. The van der Waals surface area contributed by atoms with Gasteiger partial charge in [-0.05, 0) is 37.3 Å². The van der Waals surface area contributed by atoms with Gasteiger partial charge in [-0.3, -0.25) is 10.1 Å². The van der Waals surface area contributed by atoms with Crippen molar-refractivity contribution in [3.05, 3.63) is 57.9 Å². The highest BCUT2D eigenvalue weighted by Crippen LogP contribution is 2.30. The second kappa shape index (κ2) is 7.67. The van der Waals surface area contributed by atoms with Crippen LogP contribution >= 0.6 is 0 Å². The lowest BCUT2D eigenvalue weighted by Crippen LogP contribution is -2.27. The molecule has 10 heteroatoms. The van der Waals surface area contributed by atoms with E-state index < -0.39 is 37.4 Å². The number of sulfonamides is 1. The Morgan fingerprint density at radius 3 is 2.42 bits per heavy atom. The van der Waals surface area contributed by atoms with E-state index in [2.05, 4.69) is 4.72 Å². The third kappa shape index (κ3) is 4.09. The van der Waals surface area contributed by atoms with Crippen LogP contribution < -0.4 is 14.2 Å². The minimum Gasteiger partial charge on any atom is -0.497 e. The molecule has 0 spiro atoms. The summed E-state index contributed by atoms with van der Waals surface area (Å²) in [6.07, 6.45) is 0. The fourth-order valence-corrected chi connectivity index (χ4v) is 3.58. The predicted molar refractivity (Wildman–Crippen MR) is 91.3 cm³/mol. The summed E-state index contributed by atoms with van der Waals surface area (Å²) in [7, 11) is -1.23. The Kier molecular flexibility index (Phi) is 5.78. The third-order valence-corrected chi connectivity index (χ3v) is 5.20. The summed E-state index contributed by atoms with van der Waals surface area (Å²) >= 11 is 0. The third-order valence-electron chi connectivity index (χ3n) is 3.66. The molecule has 1 N–H and O–H groups in total. The molecule has 2 rings (SSSR count). The van der Waals surface area contributed by atoms with E-state index in [9.17, 15) is 22.9 Å². The number of nitro benzene ring substituents is 1. The van der Waals surface area contributed by atoms with Gasteiger partial charge in [0.2, 0.25) is 15.8 Å². The molecule has 0 aliphatic rings. The number of halogens is 1. The molecule has 0 saturated heterocycles. The molecule has 0 aliphatic carbocycles. The van der Waals surface area contributed by atoms with E-state index in [0.717, 1.165) is 12.1 Å². The Labute approximate surface area is 149 Å². The molecule has 0 aromatic heterocycles. The van der Waals surface area contributed by atoms with E-state index in [1.165, 1.54) is 14.2 Å². The first-order valence-corrected chi connectivity index (χ1v) is 8.86. The number of hydrogen-bond acceptors (Lipinski definition) is 6. The van der Waals surface area contributed by atoms with Crippen molar-refractivity contribution in [3.63, 3.8) is 0 Å². The van der Waals surface area contributed by atoms with Crippen LogP contribution in [0.5, 0.6) is 11.5 Å². The number of hydrogen-bond donors (Lipinski definition) is 1. The quantitative estimate of drug-likeness (QED) is 0.581. The monoisotopic (exact) mass is 384 g/mol. The van der Waals surface area contributed by atoms with Crippen molar-refractivity contribution in [2.45, 2.75) is 17.9 Å². The Hall–Kier alpha value is -2.72. The fourth-order valence-electron chi connectivity index (χ4n) is 2.34. The first-order valence-electron chi connectivity index (χ1n) is 7.37. The number of ether oxygens (including phenoxy) is 2. The van der Waals surface area contributed by atoms with Gasteiger partial charge >= 0.3 is 5.69 Å². The van der Waals surface area contributed by atoms with Crippen molar-refractivity contribution in [1.29, 1.82) is 0 Å². The van der Waals surface area contributed by atoms with Crippen molar-refractivity contribution in [1.82, 2.24) is 4.72 Å². The normalized spacial score (nSPS) is 12.5. The van der Waals surface area contributed by atoms with Gasteiger partial charge in [0.15, 0.2) is 0 Å². The first kappa shape index (κ1) is 19.6. The number of nitrogens with one attached hydrogen (secondary N) is 1. The van der Waals surface area contributed by atoms with Crippen LogP contribution in [-0.4, -0.2) is 27.6 Å². The maximum atomic E-state index is 13.4. The first-order chi connectivity index (χ1) is 12.2. The SMILES string of the molecule is COc1ccc(OC)c([C@@H](C)NS(=O)(=O)c2ccc(F)c([N+](=O)[O-])c2)c1. The highest BCUT2D eigenvalue weighted by Gasteiger charge is 2.24. The van der Waals surface area contributed by atoms with Gasteiger partial charge in [0.25, 0.3) is 0 Å². The topological polar surface area (TPSA) is 108 Å². The molecule has 0 heterocycles. The van der Waals surface area contributed by atoms with Gasteiger partial charge in [0.05, 0.1) is 24.0 Å². The molecule has 2 aromatic rings. The van der Waals surface area contributed by atoms with Gasteiger partial charge in [0, 0.05) is 17.7 Å². The zero-order chi connectivity index (χ0) is 19.5. The van der Waals surface area contributed by atoms with Crippen molar-refractivity contribution in [3.8, 4) is 11.5 Å². The molecule has 26 heavy (non-hydrogen) atoms. The molecule has 0 unspecified atom stereocenters. The smallest absolute Gasteiger partial charge is 0.306 e. The highest BCUT2D eigenvalue weighted by molar-refractivity contribution is 7.89. The maximum Gasteiger partial charge on any atom is 0.306 e. The van der Waals surface area contributed by atoms with E-state index in [0.29, 0.717) is 23.1 Å². The number of nitro groups is 1. The van der Waals surface area contributed by atoms with Crippen molar-refractivity contribution < 1.29 is 27.2 Å². The van der Waals surface area contributed by atoms with Crippen molar-refractivity contribution in [2.24, 2.45) is 0 Å². The zero-order valence-corrected chi connectivity index (χ0v) is 15.0. The Balaban J connectivity index is 2.38. The van der Waals surface area contributed by atoms with Crippen LogP contribution in [0.4, 0.5) is 10.1 Å². The molecule has 0 radical (unpaired) electrons. The van der Waals surface area contributed by atoms with Crippen LogP contribution in [0.1, 0.15) is 18.5 Å². The van der Waals surface area contributed by atoms with E-state index in [4.69, 9.17) is 9.47 Å². The molecule has 0 fully saturated rings. The Morgan fingerprint density at radius 1 is 1.15 bits per heavy atom. The summed E-state index contributed by atoms with van der Waals surface area (Å²) in [6, 6.07) is 6.53. The summed E-state index contributed by atoms with van der Waals surface area (Å²) in [4.78, 5) is 9.42. The fraction of sp³-hybridized carbons (Fsp3) is 0.250. The van der Waals surface area contributed by atoms with E-state index in [-0.39, 0.29) is 0 Å². The zero-order valence-electron chi connectivity index (χ0n) is 14.2. The van der Waals surface area contributed by atoms with E-state index in [1.807, 2.05) is 0 Å². The maximum absolute atomic E-state index is 13.4. The van der Waals surface area contributed by atoms with Crippen LogP contribution in [0.2, 0.25) is 0 Å². The van der Waals surface area contributed by atoms with Gasteiger partial charge in [0.1, 0.15) is 11.5 Å².